The van der Waals surface area contributed by atoms with E-state index in [1.165, 1.54) is 0 Å². The topological polar surface area (TPSA) is 38.5 Å². The molecule has 6 heteroatoms. The predicted molar refractivity (Wildman–Crippen MR) is 79.6 cm³/mol. The number of para-hydroxylation sites is 1. The van der Waals surface area contributed by atoms with Crippen LogP contribution in [-0.4, -0.2) is 19.3 Å². The second-order valence-electron chi connectivity index (χ2n) is 4.34. The van der Waals surface area contributed by atoms with E-state index in [1.807, 2.05) is 40.6 Å². The Labute approximate surface area is 120 Å². The number of aromatic nitrogens is 4. The Morgan fingerprint density at radius 3 is 2.79 bits per heavy atom. The second kappa shape index (κ2) is 4.51. The van der Waals surface area contributed by atoms with Crippen LogP contribution in [0.2, 0.25) is 5.02 Å². The van der Waals surface area contributed by atoms with Gasteiger partial charge >= 0.3 is 0 Å². The molecule has 0 aliphatic carbocycles. The lowest BCUT2D eigenvalue weighted by molar-refractivity contribution is 0.748. The molecule has 19 heavy (non-hydrogen) atoms. The van der Waals surface area contributed by atoms with Gasteiger partial charge in [-0.25, -0.2) is 4.68 Å². The fraction of sp³-hybridized carbons (Fsp3) is 0.231. The lowest BCUT2D eigenvalue weighted by Crippen LogP contribution is -2.01. The first kappa shape index (κ1) is 12.4. The summed E-state index contributed by atoms with van der Waals surface area (Å²) in [6.45, 7) is 2.07. The van der Waals surface area contributed by atoms with Gasteiger partial charge in [-0.1, -0.05) is 30.7 Å². The van der Waals surface area contributed by atoms with Gasteiger partial charge in [0.2, 0.25) is 0 Å². The number of rotatable bonds is 2. The van der Waals surface area contributed by atoms with E-state index in [-0.39, 0.29) is 0 Å². The van der Waals surface area contributed by atoms with Crippen molar-refractivity contribution < 1.29 is 0 Å². The standard InChI is InChI=1S/C13H13ClN4S/c1-3-9-11-12(17(2)16-9)18(13(19)15-11)10-7-5-4-6-8(10)14/h4-7H,3H2,1-2H3,(H,15,19). The number of nitrogens with zero attached hydrogens (tertiary/aromatic N) is 3. The van der Waals surface area contributed by atoms with Gasteiger partial charge in [0.25, 0.3) is 0 Å². The van der Waals surface area contributed by atoms with Gasteiger partial charge in [-0.2, -0.15) is 5.10 Å². The summed E-state index contributed by atoms with van der Waals surface area (Å²) in [6, 6.07) is 7.65. The smallest absolute Gasteiger partial charge is 0.184 e. The van der Waals surface area contributed by atoms with E-state index in [4.69, 9.17) is 23.8 Å². The number of aryl methyl sites for hydroxylation is 2. The predicted octanol–water partition coefficient (Wildman–Crippen LogP) is 3.64. The van der Waals surface area contributed by atoms with Crippen molar-refractivity contribution in [1.29, 1.82) is 0 Å². The summed E-state index contributed by atoms with van der Waals surface area (Å²) in [5, 5.41) is 5.17. The summed E-state index contributed by atoms with van der Waals surface area (Å²) in [5.41, 5.74) is 3.80. The van der Waals surface area contributed by atoms with Crippen molar-refractivity contribution >= 4 is 35.0 Å². The molecule has 0 spiro atoms. The number of halogens is 1. The Bertz CT molecular complexity index is 812. The van der Waals surface area contributed by atoms with Crippen LogP contribution in [-0.2, 0) is 13.5 Å². The first-order valence-electron chi connectivity index (χ1n) is 6.05. The molecule has 0 radical (unpaired) electrons. The molecule has 0 aliphatic heterocycles. The first-order chi connectivity index (χ1) is 9.13. The van der Waals surface area contributed by atoms with E-state index in [0.717, 1.165) is 29.0 Å². The largest absolute Gasteiger partial charge is 0.327 e. The fourth-order valence-electron chi connectivity index (χ4n) is 2.32. The molecule has 0 amide bonds. The van der Waals surface area contributed by atoms with Crippen molar-refractivity contribution in [3.63, 3.8) is 0 Å². The number of fused-ring (bicyclic) bond motifs is 1. The maximum Gasteiger partial charge on any atom is 0.184 e. The molecule has 2 aromatic heterocycles. The number of hydrogen-bond donors (Lipinski definition) is 1. The lowest BCUT2D eigenvalue weighted by Gasteiger charge is -2.06. The van der Waals surface area contributed by atoms with E-state index >= 15 is 0 Å². The van der Waals surface area contributed by atoms with E-state index < -0.39 is 0 Å². The van der Waals surface area contributed by atoms with Gasteiger partial charge in [0.1, 0.15) is 5.52 Å². The minimum atomic E-state index is 0.630. The highest BCUT2D eigenvalue weighted by molar-refractivity contribution is 7.71. The summed E-state index contributed by atoms with van der Waals surface area (Å²) in [5.74, 6) is 0. The Kier molecular flexibility index (Phi) is 2.95. The van der Waals surface area contributed by atoms with Crippen LogP contribution in [0.25, 0.3) is 16.9 Å². The van der Waals surface area contributed by atoms with Gasteiger partial charge in [-0.15, -0.1) is 0 Å². The van der Waals surface area contributed by atoms with Crippen LogP contribution in [0, 0.1) is 4.77 Å². The zero-order valence-electron chi connectivity index (χ0n) is 10.6. The van der Waals surface area contributed by atoms with Crippen molar-refractivity contribution in [1.82, 2.24) is 19.3 Å². The number of H-pyrrole nitrogens is 1. The van der Waals surface area contributed by atoms with Crippen LogP contribution in [0.4, 0.5) is 0 Å². The molecule has 3 aromatic rings. The lowest BCUT2D eigenvalue weighted by atomic mass is 10.3. The molecule has 4 nitrogen and oxygen atoms in total. The zero-order chi connectivity index (χ0) is 13.6. The Balaban J connectivity index is 2.42. The molecule has 0 unspecified atom stereocenters. The first-order valence-corrected chi connectivity index (χ1v) is 6.83. The monoisotopic (exact) mass is 292 g/mol. The highest BCUT2D eigenvalue weighted by Crippen LogP contribution is 2.26. The molecule has 0 saturated carbocycles. The third kappa shape index (κ3) is 1.81. The molecular weight excluding hydrogens is 280 g/mol. The quantitative estimate of drug-likeness (QED) is 0.732. The van der Waals surface area contributed by atoms with E-state index in [2.05, 4.69) is 17.0 Å². The molecule has 1 N–H and O–H groups in total. The number of benzene rings is 1. The van der Waals surface area contributed by atoms with Crippen LogP contribution >= 0.6 is 23.8 Å². The maximum absolute atomic E-state index is 6.27. The van der Waals surface area contributed by atoms with Crippen molar-refractivity contribution in [2.45, 2.75) is 13.3 Å². The number of hydrogen-bond acceptors (Lipinski definition) is 2. The fourth-order valence-corrected chi connectivity index (χ4v) is 2.82. The Morgan fingerprint density at radius 1 is 1.37 bits per heavy atom. The van der Waals surface area contributed by atoms with Gasteiger partial charge in [-0.3, -0.25) is 4.57 Å². The Morgan fingerprint density at radius 2 is 2.11 bits per heavy atom. The van der Waals surface area contributed by atoms with Crippen molar-refractivity contribution in [2.24, 2.45) is 7.05 Å². The van der Waals surface area contributed by atoms with Crippen LogP contribution in [0.15, 0.2) is 24.3 Å². The molecule has 0 atom stereocenters. The molecule has 3 rings (SSSR count). The minimum absolute atomic E-state index is 0.630. The second-order valence-corrected chi connectivity index (χ2v) is 5.13. The van der Waals surface area contributed by atoms with Crippen molar-refractivity contribution in [3.8, 4) is 5.69 Å². The summed E-state index contributed by atoms with van der Waals surface area (Å²) in [4.78, 5) is 3.23. The van der Waals surface area contributed by atoms with Gasteiger partial charge < -0.3 is 4.98 Å². The van der Waals surface area contributed by atoms with Crippen molar-refractivity contribution in [3.05, 3.63) is 39.8 Å². The Hall–Kier alpha value is -1.59. The maximum atomic E-state index is 6.27. The number of imidazole rings is 1. The molecular formula is C13H13ClN4S. The van der Waals surface area contributed by atoms with Gasteiger partial charge in [0.05, 0.1) is 16.4 Å². The molecule has 0 fully saturated rings. The zero-order valence-corrected chi connectivity index (χ0v) is 12.2. The summed E-state index contributed by atoms with van der Waals surface area (Å²) >= 11 is 11.7. The third-order valence-electron chi connectivity index (χ3n) is 3.16. The summed E-state index contributed by atoms with van der Waals surface area (Å²) in [6.07, 6.45) is 0.856. The normalized spacial score (nSPS) is 11.3. The van der Waals surface area contributed by atoms with Crippen LogP contribution in [0.1, 0.15) is 12.6 Å². The van der Waals surface area contributed by atoms with Crippen LogP contribution < -0.4 is 0 Å². The average Bonchev–Trinajstić information content (AvgIpc) is 2.88. The number of aromatic amines is 1. The summed E-state index contributed by atoms with van der Waals surface area (Å²) < 4.78 is 4.40. The molecule has 0 saturated heterocycles. The SMILES string of the molecule is CCc1nn(C)c2c1[nH]c(=S)n2-c1ccccc1Cl. The molecule has 2 heterocycles. The molecule has 98 valence electrons. The molecule has 1 aromatic carbocycles. The molecule has 0 aliphatic rings. The van der Waals surface area contributed by atoms with Crippen LogP contribution in [0.5, 0.6) is 0 Å². The van der Waals surface area contributed by atoms with Crippen molar-refractivity contribution in [2.75, 3.05) is 0 Å². The van der Waals surface area contributed by atoms with Gasteiger partial charge in [0, 0.05) is 7.05 Å². The average molecular weight is 293 g/mol. The van der Waals surface area contributed by atoms with Gasteiger partial charge in [-0.05, 0) is 30.8 Å². The highest BCUT2D eigenvalue weighted by Gasteiger charge is 2.16. The third-order valence-corrected chi connectivity index (χ3v) is 3.77. The van der Waals surface area contributed by atoms with E-state index in [1.54, 1.807) is 0 Å². The molecule has 0 bridgehead atoms. The summed E-state index contributed by atoms with van der Waals surface area (Å²) in [7, 11) is 1.91. The van der Waals surface area contributed by atoms with Crippen LogP contribution in [0.3, 0.4) is 0 Å². The number of nitrogens with one attached hydrogen (secondary N) is 1. The highest BCUT2D eigenvalue weighted by atomic mass is 35.5. The van der Waals surface area contributed by atoms with E-state index in [0.29, 0.717) is 9.79 Å². The minimum Gasteiger partial charge on any atom is -0.327 e. The van der Waals surface area contributed by atoms with Gasteiger partial charge in [0.15, 0.2) is 10.4 Å². The van der Waals surface area contributed by atoms with E-state index in [9.17, 15) is 0 Å².